The molecule has 1 amide bonds. The molecule has 2 rings (SSSR count). The Kier molecular flexibility index (Phi) is 2.46. The topological polar surface area (TPSA) is 46.3 Å². The molecule has 1 saturated carbocycles. The van der Waals surface area contributed by atoms with Crippen LogP contribution in [0.2, 0.25) is 0 Å². The standard InChI is InChI=1S/C10H14N2OS/c1-12(6-7-2-3-7)10(13)9-8(11)4-5-14-9/h4-5,7H,2-3,6,11H2,1H3. The van der Waals surface area contributed by atoms with Gasteiger partial charge in [0, 0.05) is 13.6 Å². The van der Waals surface area contributed by atoms with Gasteiger partial charge >= 0.3 is 0 Å². The van der Waals surface area contributed by atoms with Gasteiger partial charge in [-0.2, -0.15) is 0 Å². The molecule has 1 aromatic heterocycles. The number of hydrogen-bond donors (Lipinski definition) is 1. The van der Waals surface area contributed by atoms with Gasteiger partial charge < -0.3 is 10.6 Å². The van der Waals surface area contributed by atoms with Gasteiger partial charge in [-0.15, -0.1) is 11.3 Å². The molecule has 1 aliphatic rings. The zero-order valence-corrected chi connectivity index (χ0v) is 9.01. The average Bonchev–Trinajstić information content (AvgIpc) is 2.86. The molecule has 0 aliphatic heterocycles. The van der Waals surface area contributed by atoms with E-state index in [-0.39, 0.29) is 5.91 Å². The maximum absolute atomic E-state index is 11.8. The Morgan fingerprint density at radius 3 is 2.93 bits per heavy atom. The number of carbonyl (C=O) groups excluding carboxylic acids is 1. The molecule has 2 N–H and O–H groups in total. The lowest BCUT2D eigenvalue weighted by atomic mass is 10.3. The fraction of sp³-hybridized carbons (Fsp3) is 0.500. The SMILES string of the molecule is CN(CC1CC1)C(=O)c1sccc1N. The van der Waals surface area contributed by atoms with E-state index in [4.69, 9.17) is 5.73 Å². The van der Waals surface area contributed by atoms with E-state index in [0.29, 0.717) is 10.6 Å². The van der Waals surface area contributed by atoms with Crippen LogP contribution in [-0.2, 0) is 0 Å². The molecule has 0 spiro atoms. The second kappa shape index (κ2) is 3.61. The summed E-state index contributed by atoms with van der Waals surface area (Å²) in [7, 11) is 1.85. The van der Waals surface area contributed by atoms with Gasteiger partial charge in [-0.05, 0) is 30.2 Å². The van der Waals surface area contributed by atoms with Gasteiger partial charge in [-0.25, -0.2) is 0 Å². The molecule has 1 aromatic rings. The Morgan fingerprint density at radius 1 is 1.71 bits per heavy atom. The van der Waals surface area contributed by atoms with Crippen LogP contribution in [0, 0.1) is 5.92 Å². The van der Waals surface area contributed by atoms with E-state index < -0.39 is 0 Å². The van der Waals surface area contributed by atoms with Gasteiger partial charge in [-0.3, -0.25) is 4.79 Å². The highest BCUT2D eigenvalue weighted by molar-refractivity contribution is 7.12. The first-order valence-corrected chi connectivity index (χ1v) is 5.65. The highest BCUT2D eigenvalue weighted by Crippen LogP contribution is 2.30. The van der Waals surface area contributed by atoms with Crippen LogP contribution in [0.25, 0.3) is 0 Å². The molecule has 3 nitrogen and oxygen atoms in total. The number of anilines is 1. The molecule has 0 aromatic carbocycles. The first-order chi connectivity index (χ1) is 6.68. The molecule has 0 bridgehead atoms. The number of hydrogen-bond acceptors (Lipinski definition) is 3. The van der Waals surface area contributed by atoms with Crippen molar-refractivity contribution in [3.63, 3.8) is 0 Å². The van der Waals surface area contributed by atoms with Crippen molar-refractivity contribution in [2.45, 2.75) is 12.8 Å². The fourth-order valence-corrected chi connectivity index (χ4v) is 2.25. The minimum atomic E-state index is 0.0596. The second-order valence-corrected chi connectivity index (χ2v) is 4.75. The molecule has 76 valence electrons. The van der Waals surface area contributed by atoms with E-state index in [9.17, 15) is 4.79 Å². The number of nitrogen functional groups attached to an aromatic ring is 1. The Labute approximate surface area is 87.5 Å². The Balaban J connectivity index is 2.03. The van der Waals surface area contributed by atoms with Crippen molar-refractivity contribution < 1.29 is 4.79 Å². The lowest BCUT2D eigenvalue weighted by Gasteiger charge is -2.15. The summed E-state index contributed by atoms with van der Waals surface area (Å²) < 4.78 is 0. The second-order valence-electron chi connectivity index (χ2n) is 3.83. The van der Waals surface area contributed by atoms with Gasteiger partial charge in [0.25, 0.3) is 5.91 Å². The maximum Gasteiger partial charge on any atom is 0.265 e. The van der Waals surface area contributed by atoms with Crippen molar-refractivity contribution in [3.8, 4) is 0 Å². The zero-order valence-electron chi connectivity index (χ0n) is 8.19. The van der Waals surface area contributed by atoms with Gasteiger partial charge in [0.1, 0.15) is 4.88 Å². The molecule has 14 heavy (non-hydrogen) atoms. The zero-order chi connectivity index (χ0) is 10.1. The van der Waals surface area contributed by atoms with Gasteiger partial charge in [0.05, 0.1) is 5.69 Å². The molecular formula is C10H14N2OS. The number of rotatable bonds is 3. The number of nitrogens with zero attached hydrogens (tertiary/aromatic N) is 1. The van der Waals surface area contributed by atoms with Crippen molar-refractivity contribution in [3.05, 3.63) is 16.3 Å². The third-order valence-electron chi connectivity index (χ3n) is 2.47. The third-order valence-corrected chi connectivity index (χ3v) is 3.38. The molecule has 0 atom stereocenters. The molecule has 1 aliphatic carbocycles. The molecular weight excluding hydrogens is 196 g/mol. The summed E-state index contributed by atoms with van der Waals surface area (Å²) in [6.45, 7) is 0.871. The summed E-state index contributed by atoms with van der Waals surface area (Å²) in [6, 6.07) is 1.78. The summed E-state index contributed by atoms with van der Waals surface area (Å²) in [5.74, 6) is 0.787. The van der Waals surface area contributed by atoms with Crippen molar-refractivity contribution in [1.82, 2.24) is 4.90 Å². The lowest BCUT2D eigenvalue weighted by molar-refractivity contribution is 0.0794. The van der Waals surface area contributed by atoms with Crippen LogP contribution < -0.4 is 5.73 Å². The van der Waals surface area contributed by atoms with Crippen LogP contribution in [-0.4, -0.2) is 24.4 Å². The molecule has 1 fully saturated rings. The van der Waals surface area contributed by atoms with Crippen molar-refractivity contribution >= 4 is 22.9 Å². The van der Waals surface area contributed by atoms with Gasteiger partial charge in [-0.1, -0.05) is 0 Å². The number of amides is 1. The smallest absolute Gasteiger partial charge is 0.265 e. The number of carbonyl (C=O) groups is 1. The summed E-state index contributed by atoms with van der Waals surface area (Å²) in [6.07, 6.45) is 2.52. The first-order valence-electron chi connectivity index (χ1n) is 4.77. The molecule has 4 heteroatoms. The molecule has 0 saturated heterocycles. The van der Waals surface area contributed by atoms with E-state index in [1.807, 2.05) is 12.4 Å². The Hall–Kier alpha value is -1.03. The van der Waals surface area contributed by atoms with E-state index in [1.54, 1.807) is 11.0 Å². The van der Waals surface area contributed by atoms with Crippen molar-refractivity contribution in [2.75, 3.05) is 19.3 Å². The highest BCUT2D eigenvalue weighted by Gasteiger charge is 2.26. The van der Waals surface area contributed by atoms with E-state index in [2.05, 4.69) is 0 Å². The number of thiophene rings is 1. The van der Waals surface area contributed by atoms with Crippen molar-refractivity contribution in [1.29, 1.82) is 0 Å². The molecule has 0 unspecified atom stereocenters. The summed E-state index contributed by atoms with van der Waals surface area (Å²) in [5, 5.41) is 1.85. The van der Waals surface area contributed by atoms with Crippen LogP contribution in [0.1, 0.15) is 22.5 Å². The summed E-state index contributed by atoms with van der Waals surface area (Å²) >= 11 is 1.42. The van der Waals surface area contributed by atoms with Crippen LogP contribution in [0.5, 0.6) is 0 Å². The largest absolute Gasteiger partial charge is 0.397 e. The Bertz CT molecular complexity index is 344. The van der Waals surface area contributed by atoms with E-state index in [1.165, 1.54) is 24.2 Å². The first kappa shape index (κ1) is 9.52. The van der Waals surface area contributed by atoms with Crippen molar-refractivity contribution in [2.24, 2.45) is 5.92 Å². The highest BCUT2D eigenvalue weighted by atomic mass is 32.1. The van der Waals surface area contributed by atoms with Gasteiger partial charge in [0.2, 0.25) is 0 Å². The minimum Gasteiger partial charge on any atom is -0.397 e. The normalized spacial score (nSPS) is 15.5. The quantitative estimate of drug-likeness (QED) is 0.827. The molecule has 0 radical (unpaired) electrons. The summed E-state index contributed by atoms with van der Waals surface area (Å²) in [4.78, 5) is 14.3. The monoisotopic (exact) mass is 210 g/mol. The van der Waals surface area contributed by atoms with Gasteiger partial charge in [0.15, 0.2) is 0 Å². The maximum atomic E-state index is 11.8. The number of nitrogens with two attached hydrogens (primary N) is 1. The molecule has 1 heterocycles. The Morgan fingerprint density at radius 2 is 2.43 bits per heavy atom. The third kappa shape index (κ3) is 1.90. The van der Waals surface area contributed by atoms with Crippen LogP contribution in [0.15, 0.2) is 11.4 Å². The van der Waals surface area contributed by atoms with E-state index in [0.717, 1.165) is 12.5 Å². The minimum absolute atomic E-state index is 0.0596. The predicted molar refractivity (Wildman–Crippen MR) is 58.4 cm³/mol. The van der Waals surface area contributed by atoms with Crippen LogP contribution >= 0.6 is 11.3 Å². The average molecular weight is 210 g/mol. The van der Waals surface area contributed by atoms with Crippen LogP contribution in [0.4, 0.5) is 5.69 Å². The van der Waals surface area contributed by atoms with Crippen LogP contribution in [0.3, 0.4) is 0 Å². The predicted octanol–water partition coefficient (Wildman–Crippen LogP) is 1.81. The fourth-order valence-electron chi connectivity index (χ4n) is 1.44. The van der Waals surface area contributed by atoms with E-state index >= 15 is 0 Å². The summed E-state index contributed by atoms with van der Waals surface area (Å²) in [5.41, 5.74) is 6.29. The lowest BCUT2D eigenvalue weighted by Crippen LogP contribution is -2.28.